The molecule has 24 nitrogen and oxygen atoms in total. The van der Waals surface area contributed by atoms with E-state index in [0.717, 1.165) is 5.57 Å². The van der Waals surface area contributed by atoms with Crippen LogP contribution < -0.4 is 10.5 Å². The van der Waals surface area contributed by atoms with E-state index in [0.29, 0.717) is 31.1 Å². The van der Waals surface area contributed by atoms with Gasteiger partial charge in [0.15, 0.2) is 42.4 Å². The van der Waals surface area contributed by atoms with Crippen molar-refractivity contribution in [2.45, 2.75) is 243 Å². The fourth-order valence-corrected chi connectivity index (χ4v) is 15.6. The molecule has 5 heterocycles. The predicted molar refractivity (Wildman–Crippen MR) is 296 cm³/mol. The average Bonchev–Trinajstić information content (AvgIpc) is 1.74. The lowest BCUT2D eigenvalue weighted by Crippen LogP contribution is -3.17. The van der Waals surface area contributed by atoms with Crippen molar-refractivity contribution in [2.24, 2.45) is 40.9 Å². The summed E-state index contributed by atoms with van der Waals surface area (Å²) >= 11 is 0. The molecule has 5 saturated heterocycles. The molecular weight excluding hydrogens is 1110 g/mol. The Morgan fingerprint density at radius 1 is 0.800 bits per heavy atom. The van der Waals surface area contributed by atoms with E-state index < -0.39 is 191 Å². The second-order valence-electron chi connectivity index (χ2n) is 25.8. The molecule has 4 aliphatic carbocycles. The molecule has 27 unspecified atom stereocenters. The molecule has 5 aliphatic heterocycles. The highest BCUT2D eigenvalue weighted by molar-refractivity contribution is 6.26. The highest BCUT2D eigenvalue weighted by atomic mass is 16.8. The summed E-state index contributed by atoms with van der Waals surface area (Å²) in [5.74, 6) is -6.32. The first-order chi connectivity index (χ1) is 40.0. The lowest BCUT2D eigenvalue weighted by Gasteiger charge is -2.56. The standard InChI is InChI=1S/C61H88N2O22/c1-27-13-16-42(81-48-25-59(10,63(73)74)54(34(8)79-48)62-58(72)75-12)28(2)20-39-40(66)21-36(26-64)24-61(39)56(70)49(57(71)85-61)55(69)60(11)38(27)15-14-37-50(60)29(3)19-30(4)52(37)84-47-23-44(53(33(7)78-47)80-35(9)65)83-45-18-17-43(31(5)76-45)82-46-22-41(67)51(68)32(6)77-46/h13-15,20-21,26,29-34,37-48,50-54,63,66-69,73H,16-19,22-25H2,1-12H3,(H,62,72). The third-order valence-electron chi connectivity index (χ3n) is 19.9. The molecule has 474 valence electrons. The summed E-state index contributed by atoms with van der Waals surface area (Å²) in [6, 6.07) is -1.02. The number of ketones is 1. The number of rotatable bonds is 12. The van der Waals surface area contributed by atoms with Gasteiger partial charge in [0.25, 0.3) is 0 Å². The number of carbonyl (C=O) groups excluding carboxylic acids is 5. The van der Waals surface area contributed by atoms with Crippen LogP contribution in [0.1, 0.15) is 128 Å². The normalized spacial score (nSPS) is 46.2. The number of ether oxygens (including phenoxy) is 11. The number of hydrogen-bond donors (Lipinski definition) is 7. The van der Waals surface area contributed by atoms with Gasteiger partial charge in [-0.25, -0.2) is 20.0 Å². The summed E-state index contributed by atoms with van der Waals surface area (Å²) in [6.45, 7) is 19.3. The Morgan fingerprint density at radius 2 is 1.47 bits per heavy atom. The molecule has 2 bridgehead atoms. The van der Waals surface area contributed by atoms with E-state index in [2.05, 4.69) is 25.2 Å². The van der Waals surface area contributed by atoms with Gasteiger partial charge in [0.05, 0.1) is 74.4 Å². The van der Waals surface area contributed by atoms with E-state index in [1.807, 2.05) is 32.9 Å². The van der Waals surface area contributed by atoms with Crippen molar-refractivity contribution in [3.8, 4) is 0 Å². The molecule has 27 atom stereocenters. The second kappa shape index (κ2) is 25.5. The zero-order valence-corrected chi connectivity index (χ0v) is 50.6. The summed E-state index contributed by atoms with van der Waals surface area (Å²) < 4.78 is 68.7. The number of aliphatic hydroxyl groups is 4. The van der Waals surface area contributed by atoms with Gasteiger partial charge in [-0.3, -0.25) is 14.4 Å². The van der Waals surface area contributed by atoms with Crippen molar-refractivity contribution in [2.75, 3.05) is 7.11 Å². The lowest BCUT2D eigenvalue weighted by atomic mass is 9.49. The molecule has 9 aliphatic rings. The Hall–Kier alpha value is -4.51. The van der Waals surface area contributed by atoms with E-state index in [-0.39, 0.29) is 43.1 Å². The Bertz CT molecular complexity index is 2660. The number of alkyl carbamates (subject to hydrolysis) is 1. The molecule has 1 amide bonds. The maximum Gasteiger partial charge on any atom is 0.407 e. The minimum Gasteiger partial charge on any atom is -0.600 e. The number of aldehydes is 1. The summed E-state index contributed by atoms with van der Waals surface area (Å²) in [4.78, 5) is 67.8. The number of aliphatic hydroxyl groups excluding tert-OH is 4. The minimum atomic E-state index is -2.18. The van der Waals surface area contributed by atoms with Gasteiger partial charge in [0, 0.05) is 49.9 Å². The Labute approximate surface area is 495 Å². The van der Waals surface area contributed by atoms with Crippen LogP contribution in [0.25, 0.3) is 0 Å². The van der Waals surface area contributed by atoms with Gasteiger partial charge in [0.1, 0.15) is 35.9 Å². The van der Waals surface area contributed by atoms with Gasteiger partial charge in [0.2, 0.25) is 5.78 Å². The summed E-state index contributed by atoms with van der Waals surface area (Å²) in [5, 5.41) is 70.8. The van der Waals surface area contributed by atoms with Crippen LogP contribution in [0.3, 0.4) is 0 Å². The molecule has 7 N–H and O–H groups in total. The van der Waals surface area contributed by atoms with Gasteiger partial charge in [-0.15, -0.1) is 0 Å². The number of hydroxylamine groups is 2. The second-order valence-corrected chi connectivity index (χ2v) is 25.8. The van der Waals surface area contributed by atoms with Crippen LogP contribution in [0.4, 0.5) is 4.79 Å². The first kappa shape index (κ1) is 64.9. The van der Waals surface area contributed by atoms with Gasteiger partial charge >= 0.3 is 18.0 Å². The number of fused-ring (bicyclic) bond motifs is 4. The largest absolute Gasteiger partial charge is 0.600 e. The fraction of sp³-hybridized carbons (Fsp3) is 0.754. The van der Waals surface area contributed by atoms with Crippen LogP contribution in [-0.2, 0) is 71.3 Å². The van der Waals surface area contributed by atoms with E-state index >= 15 is 4.79 Å². The first-order valence-electron chi connectivity index (χ1n) is 30.0. The Morgan fingerprint density at radius 3 is 2.13 bits per heavy atom. The molecule has 1 spiro atoms. The SMILES string of the molecule is COC(=O)NC1C(C)OC(OC2CC=C(C)C3C=CC4C(OC5CC(OC6CCC(OC7CC(O)C(O)C(C)O7)C(C)O6)C(OC(C)=O)C(C)O5)C(C)CC(C)C4C3(C)C(O)=C3C(=O)OC4(CC(C=O)=CC(O)C4C=C2C)C3=O)CC1(C)[NH+]([O-])O. The monoisotopic (exact) mass is 1200 g/mol. The minimum absolute atomic E-state index is 0.00825. The molecule has 0 aromatic rings. The maximum absolute atomic E-state index is 15.5. The zero-order valence-electron chi connectivity index (χ0n) is 50.6. The molecule has 0 aromatic carbocycles. The predicted octanol–water partition coefficient (Wildman–Crippen LogP) is 3.95. The topological polar surface area (TPSA) is 328 Å². The fourth-order valence-electron chi connectivity index (χ4n) is 15.6. The van der Waals surface area contributed by atoms with Crippen LogP contribution in [0.15, 0.2) is 58.4 Å². The van der Waals surface area contributed by atoms with Crippen LogP contribution in [0.5, 0.6) is 0 Å². The van der Waals surface area contributed by atoms with Crippen molar-refractivity contribution in [3.05, 3.63) is 63.6 Å². The molecule has 0 radical (unpaired) electrons. The van der Waals surface area contributed by atoms with Crippen LogP contribution >= 0.6 is 0 Å². The number of allylic oxidation sites excluding steroid dienone is 3. The highest BCUT2D eigenvalue weighted by Crippen LogP contribution is 2.61. The van der Waals surface area contributed by atoms with Crippen molar-refractivity contribution < 1.29 is 107 Å². The average molecular weight is 1200 g/mol. The Kier molecular flexibility index (Phi) is 19.5. The van der Waals surface area contributed by atoms with Crippen molar-refractivity contribution in [3.63, 3.8) is 0 Å². The number of Topliss-reactive ketones (excluding diaryl/α,β-unsaturated/α-hetero) is 1. The molecular formula is C61H88N2O22. The first-order valence-corrected chi connectivity index (χ1v) is 30.0. The van der Waals surface area contributed by atoms with Gasteiger partial charge < -0.3 is 83.1 Å². The molecule has 6 fully saturated rings. The van der Waals surface area contributed by atoms with Gasteiger partial charge in [-0.05, 0) is 103 Å². The van der Waals surface area contributed by atoms with Crippen LogP contribution in [0.2, 0.25) is 0 Å². The number of hydrogen-bond acceptors (Lipinski definition) is 22. The molecule has 85 heavy (non-hydrogen) atoms. The zero-order chi connectivity index (χ0) is 61.9. The number of methoxy groups -OCH3 is 1. The number of carbonyl (C=O) groups is 5. The van der Waals surface area contributed by atoms with Gasteiger partial charge in [-0.1, -0.05) is 50.6 Å². The van der Waals surface area contributed by atoms with Crippen molar-refractivity contribution in [1.82, 2.24) is 5.32 Å². The molecule has 24 heteroatoms. The number of esters is 2. The molecule has 1 saturated carbocycles. The number of quaternary nitrogens is 1. The van der Waals surface area contributed by atoms with Crippen LogP contribution in [0, 0.1) is 46.1 Å². The number of nitrogens with one attached hydrogen (secondary N) is 2. The van der Waals surface area contributed by atoms with Crippen molar-refractivity contribution >= 4 is 30.1 Å². The third-order valence-corrected chi connectivity index (χ3v) is 19.9. The quantitative estimate of drug-likeness (QED) is 0.0363. The number of amides is 1. The van der Waals surface area contributed by atoms with E-state index in [4.69, 9.17) is 52.1 Å². The van der Waals surface area contributed by atoms with Gasteiger partial charge in [-0.2, -0.15) is 0 Å². The van der Waals surface area contributed by atoms with E-state index in [1.165, 1.54) is 27.0 Å². The van der Waals surface area contributed by atoms with E-state index in [9.17, 15) is 50.0 Å². The van der Waals surface area contributed by atoms with E-state index in [1.54, 1.807) is 33.8 Å². The summed E-state index contributed by atoms with van der Waals surface area (Å²) in [6.07, 6.45) is -3.62. The maximum atomic E-state index is 15.5. The highest BCUT2D eigenvalue weighted by Gasteiger charge is 2.65. The van der Waals surface area contributed by atoms with Crippen molar-refractivity contribution in [1.29, 1.82) is 0 Å². The molecule has 9 rings (SSSR count). The molecule has 0 aromatic heterocycles. The summed E-state index contributed by atoms with van der Waals surface area (Å²) in [7, 11) is 1.17. The summed E-state index contributed by atoms with van der Waals surface area (Å²) in [5.41, 5.74) is -4.61. The van der Waals surface area contributed by atoms with Crippen LogP contribution in [-0.4, -0.2) is 178 Å². The smallest absolute Gasteiger partial charge is 0.407 e. The Balaban J connectivity index is 1.03. The third kappa shape index (κ3) is 12.5. The lowest BCUT2D eigenvalue weighted by molar-refractivity contribution is -1.09.